The van der Waals surface area contributed by atoms with E-state index in [0.717, 1.165) is 38.5 Å². The number of carbonyl (C=O) groups is 1. The molecule has 1 atom stereocenters. The van der Waals surface area contributed by atoms with E-state index in [1.54, 1.807) is 0 Å². The lowest BCUT2D eigenvalue weighted by molar-refractivity contribution is -0.126. The summed E-state index contributed by atoms with van der Waals surface area (Å²) in [6.07, 6.45) is 8.43. The molecule has 110 valence electrons. The van der Waals surface area contributed by atoms with Crippen molar-refractivity contribution in [3.05, 3.63) is 0 Å². The molecule has 1 saturated heterocycles. The molecule has 0 radical (unpaired) electrons. The molecule has 2 rings (SSSR count). The van der Waals surface area contributed by atoms with Crippen LogP contribution in [0.15, 0.2) is 0 Å². The van der Waals surface area contributed by atoms with Crippen LogP contribution in [-0.4, -0.2) is 44.0 Å². The fourth-order valence-corrected chi connectivity index (χ4v) is 4.36. The summed E-state index contributed by atoms with van der Waals surface area (Å²) in [5.74, 6) is 0.252. The monoisotopic (exact) mass is 288 g/mol. The highest BCUT2D eigenvalue weighted by atomic mass is 32.2. The number of amides is 1. The van der Waals surface area contributed by atoms with E-state index >= 15 is 0 Å². The van der Waals surface area contributed by atoms with Gasteiger partial charge in [0.25, 0.3) is 0 Å². The molecule has 1 amide bonds. The first-order chi connectivity index (χ1) is 8.98. The topological polar surface area (TPSA) is 66.5 Å². The third-order valence-electron chi connectivity index (χ3n) is 4.24. The van der Waals surface area contributed by atoms with Gasteiger partial charge in [0.1, 0.15) is 0 Å². The summed E-state index contributed by atoms with van der Waals surface area (Å²) >= 11 is 0. The van der Waals surface area contributed by atoms with Crippen LogP contribution in [0.5, 0.6) is 0 Å². The van der Waals surface area contributed by atoms with Crippen molar-refractivity contribution in [2.75, 3.05) is 19.3 Å². The lowest BCUT2D eigenvalue weighted by Gasteiger charge is -2.25. The van der Waals surface area contributed by atoms with Crippen LogP contribution in [0.4, 0.5) is 0 Å². The Hall–Kier alpha value is -0.620. The summed E-state index contributed by atoms with van der Waals surface area (Å²) in [6, 6.07) is -0.0532. The van der Waals surface area contributed by atoms with E-state index < -0.39 is 10.0 Å². The van der Waals surface area contributed by atoms with Crippen molar-refractivity contribution < 1.29 is 13.2 Å². The Bertz CT molecular complexity index is 416. The van der Waals surface area contributed by atoms with Gasteiger partial charge in [-0.25, -0.2) is 8.42 Å². The molecule has 1 N–H and O–H groups in total. The average molecular weight is 288 g/mol. The molecule has 0 aromatic heterocycles. The summed E-state index contributed by atoms with van der Waals surface area (Å²) in [5, 5.41) is 2.95. The van der Waals surface area contributed by atoms with E-state index in [9.17, 15) is 13.2 Å². The van der Waals surface area contributed by atoms with Gasteiger partial charge in [-0.3, -0.25) is 4.79 Å². The summed E-state index contributed by atoms with van der Waals surface area (Å²) < 4.78 is 24.7. The normalized spacial score (nSPS) is 26.5. The molecule has 0 aromatic rings. The minimum absolute atomic E-state index is 0.0532. The number of sulfonamides is 1. The van der Waals surface area contributed by atoms with Gasteiger partial charge in [-0.2, -0.15) is 4.31 Å². The second-order valence-electron chi connectivity index (χ2n) is 5.75. The van der Waals surface area contributed by atoms with Crippen molar-refractivity contribution >= 4 is 15.9 Å². The van der Waals surface area contributed by atoms with E-state index in [4.69, 9.17) is 0 Å². The maximum absolute atomic E-state index is 12.0. The molecule has 1 saturated carbocycles. The molecule has 2 fully saturated rings. The van der Waals surface area contributed by atoms with E-state index in [1.807, 2.05) is 0 Å². The zero-order chi connectivity index (χ0) is 13.9. The van der Waals surface area contributed by atoms with Gasteiger partial charge in [-0.1, -0.05) is 19.3 Å². The predicted octanol–water partition coefficient (Wildman–Crippen LogP) is 1.11. The molecule has 19 heavy (non-hydrogen) atoms. The van der Waals surface area contributed by atoms with Crippen LogP contribution in [0.1, 0.15) is 44.9 Å². The molecule has 0 aromatic carbocycles. The Labute approximate surface area is 115 Å². The summed E-state index contributed by atoms with van der Waals surface area (Å²) in [7, 11) is -3.14. The van der Waals surface area contributed by atoms with Gasteiger partial charge in [0, 0.05) is 25.0 Å². The van der Waals surface area contributed by atoms with Gasteiger partial charge < -0.3 is 5.32 Å². The van der Waals surface area contributed by atoms with Crippen LogP contribution in [0.3, 0.4) is 0 Å². The number of hydrogen-bond donors (Lipinski definition) is 1. The van der Waals surface area contributed by atoms with Gasteiger partial charge in [-0.15, -0.1) is 0 Å². The first-order valence-electron chi connectivity index (χ1n) is 7.23. The smallest absolute Gasteiger partial charge is 0.223 e. The van der Waals surface area contributed by atoms with Crippen molar-refractivity contribution in [3.63, 3.8) is 0 Å². The Balaban J connectivity index is 1.82. The zero-order valence-electron chi connectivity index (χ0n) is 11.6. The van der Waals surface area contributed by atoms with Gasteiger partial charge in [0.2, 0.25) is 15.9 Å². The van der Waals surface area contributed by atoms with E-state index in [1.165, 1.54) is 17.0 Å². The van der Waals surface area contributed by atoms with Crippen molar-refractivity contribution in [1.29, 1.82) is 0 Å². The van der Waals surface area contributed by atoms with E-state index in [0.29, 0.717) is 13.1 Å². The fourth-order valence-electron chi connectivity index (χ4n) is 3.18. The molecule has 2 aliphatic rings. The molecule has 1 heterocycles. The quantitative estimate of drug-likeness (QED) is 0.842. The van der Waals surface area contributed by atoms with E-state index in [-0.39, 0.29) is 17.9 Å². The second-order valence-corrected chi connectivity index (χ2v) is 7.68. The summed E-state index contributed by atoms with van der Waals surface area (Å²) in [4.78, 5) is 12.0. The number of nitrogens with one attached hydrogen (secondary N) is 1. The predicted molar refractivity (Wildman–Crippen MR) is 74.2 cm³/mol. The number of carbonyl (C=O) groups excluding carboxylic acids is 1. The van der Waals surface area contributed by atoms with Crippen molar-refractivity contribution in [2.24, 2.45) is 5.92 Å². The molecule has 1 unspecified atom stereocenters. The molecule has 6 heteroatoms. The zero-order valence-corrected chi connectivity index (χ0v) is 12.4. The number of nitrogens with zero attached hydrogens (tertiary/aromatic N) is 1. The molecule has 5 nitrogen and oxygen atoms in total. The van der Waals surface area contributed by atoms with Crippen LogP contribution in [0, 0.1) is 5.92 Å². The van der Waals surface area contributed by atoms with Gasteiger partial charge >= 0.3 is 0 Å². The maximum atomic E-state index is 12.0. The van der Waals surface area contributed by atoms with Crippen LogP contribution >= 0.6 is 0 Å². The molecular formula is C13H24N2O3S. The van der Waals surface area contributed by atoms with Crippen LogP contribution in [0.25, 0.3) is 0 Å². The van der Waals surface area contributed by atoms with Gasteiger partial charge in [0.15, 0.2) is 0 Å². The molecule has 0 spiro atoms. The Morgan fingerprint density at radius 2 is 1.84 bits per heavy atom. The Morgan fingerprint density at radius 3 is 2.47 bits per heavy atom. The summed E-state index contributed by atoms with van der Waals surface area (Å²) in [6.45, 7) is 1.05. The molecule has 1 aliphatic carbocycles. The Morgan fingerprint density at radius 1 is 1.16 bits per heavy atom. The van der Waals surface area contributed by atoms with Crippen LogP contribution in [-0.2, 0) is 14.8 Å². The van der Waals surface area contributed by atoms with Gasteiger partial charge in [0.05, 0.1) is 6.26 Å². The van der Waals surface area contributed by atoms with Crippen molar-refractivity contribution in [2.45, 2.75) is 51.0 Å². The minimum atomic E-state index is -3.14. The van der Waals surface area contributed by atoms with Crippen molar-refractivity contribution in [3.8, 4) is 0 Å². The second kappa shape index (κ2) is 6.22. The van der Waals surface area contributed by atoms with Crippen LogP contribution in [0.2, 0.25) is 0 Å². The van der Waals surface area contributed by atoms with Crippen LogP contribution < -0.4 is 5.32 Å². The molecule has 0 bridgehead atoms. The SMILES string of the molecule is CS(=O)(=O)N1CCCC1CNC(=O)C1CCCCC1. The lowest BCUT2D eigenvalue weighted by atomic mass is 9.88. The highest BCUT2D eigenvalue weighted by Gasteiger charge is 2.32. The number of hydrogen-bond acceptors (Lipinski definition) is 3. The largest absolute Gasteiger partial charge is 0.354 e. The average Bonchev–Trinajstić information content (AvgIpc) is 2.85. The van der Waals surface area contributed by atoms with Gasteiger partial charge in [-0.05, 0) is 25.7 Å². The molecule has 1 aliphatic heterocycles. The Kier molecular flexibility index (Phi) is 4.84. The first-order valence-corrected chi connectivity index (χ1v) is 9.08. The first kappa shape index (κ1) is 14.8. The highest BCUT2D eigenvalue weighted by Crippen LogP contribution is 2.24. The fraction of sp³-hybridized carbons (Fsp3) is 0.923. The molecular weight excluding hydrogens is 264 g/mol. The summed E-state index contributed by atoms with van der Waals surface area (Å²) in [5.41, 5.74) is 0. The lowest BCUT2D eigenvalue weighted by Crippen LogP contribution is -2.44. The highest BCUT2D eigenvalue weighted by molar-refractivity contribution is 7.88. The standard InChI is InChI=1S/C13H24N2O3S/c1-19(17,18)15-9-5-8-12(15)10-14-13(16)11-6-3-2-4-7-11/h11-12H,2-10H2,1H3,(H,14,16). The van der Waals surface area contributed by atoms with E-state index in [2.05, 4.69) is 5.32 Å². The maximum Gasteiger partial charge on any atom is 0.223 e. The third kappa shape index (κ3) is 3.92. The third-order valence-corrected chi connectivity index (χ3v) is 5.57. The number of rotatable bonds is 4. The minimum Gasteiger partial charge on any atom is -0.354 e. The van der Waals surface area contributed by atoms with Crippen molar-refractivity contribution in [1.82, 2.24) is 9.62 Å².